The second kappa shape index (κ2) is 6.04. The Morgan fingerprint density at radius 1 is 1.17 bits per heavy atom. The summed E-state index contributed by atoms with van der Waals surface area (Å²) in [6, 6.07) is 5.99. The number of halogens is 1. The van der Waals surface area contributed by atoms with E-state index in [9.17, 15) is 9.18 Å². The largest absolute Gasteiger partial charge is 0.368 e. The van der Waals surface area contributed by atoms with Crippen molar-refractivity contribution in [1.29, 1.82) is 0 Å². The third-order valence-corrected chi connectivity index (χ3v) is 4.31. The summed E-state index contributed by atoms with van der Waals surface area (Å²) in [5, 5.41) is 4.85. The fourth-order valence-electron chi connectivity index (χ4n) is 3.11. The Balaban J connectivity index is 1.56. The van der Waals surface area contributed by atoms with Gasteiger partial charge in [0, 0.05) is 37.6 Å². The molecule has 1 N–H and O–H groups in total. The van der Waals surface area contributed by atoms with Crippen LogP contribution < -0.4 is 10.5 Å². The first-order valence-electron chi connectivity index (χ1n) is 7.81. The summed E-state index contributed by atoms with van der Waals surface area (Å²) >= 11 is 0. The lowest BCUT2D eigenvalue weighted by atomic mass is 10.1. The number of hydrogen-bond acceptors (Lipinski definition) is 5. The minimum Gasteiger partial charge on any atom is -0.368 e. The van der Waals surface area contributed by atoms with Gasteiger partial charge in [-0.15, -0.1) is 0 Å². The van der Waals surface area contributed by atoms with E-state index in [4.69, 9.17) is 0 Å². The smallest absolute Gasteiger partial charge is 0.250 e. The Morgan fingerprint density at radius 3 is 2.75 bits per heavy atom. The van der Waals surface area contributed by atoms with Crippen molar-refractivity contribution in [3.05, 3.63) is 53.1 Å². The van der Waals surface area contributed by atoms with Crippen molar-refractivity contribution >= 4 is 16.6 Å². The first-order chi connectivity index (χ1) is 11.7. The lowest BCUT2D eigenvalue weighted by Gasteiger charge is -2.36. The Kier molecular flexibility index (Phi) is 3.73. The van der Waals surface area contributed by atoms with Crippen LogP contribution in [-0.4, -0.2) is 50.8 Å². The Bertz CT molecular complexity index is 899. The summed E-state index contributed by atoms with van der Waals surface area (Å²) in [7, 11) is 0. The number of anilines is 1. The lowest BCUT2D eigenvalue weighted by Crippen LogP contribution is -2.47. The summed E-state index contributed by atoms with van der Waals surface area (Å²) in [6.45, 7) is 3.90. The van der Waals surface area contributed by atoms with Gasteiger partial charge in [-0.1, -0.05) is 0 Å². The van der Waals surface area contributed by atoms with Gasteiger partial charge >= 0.3 is 0 Å². The molecule has 1 aromatic carbocycles. The van der Waals surface area contributed by atoms with Gasteiger partial charge in [-0.3, -0.25) is 9.69 Å². The molecule has 0 aliphatic carbocycles. The van der Waals surface area contributed by atoms with Gasteiger partial charge in [0.15, 0.2) is 0 Å². The van der Waals surface area contributed by atoms with Crippen molar-refractivity contribution < 1.29 is 4.39 Å². The SMILES string of the molecule is O=c1cc(N2CCN(Cn3cncn3)CC2)c2cc(F)ccc2[nH]1. The van der Waals surface area contributed by atoms with E-state index in [1.807, 2.05) is 0 Å². The Morgan fingerprint density at radius 2 is 2.00 bits per heavy atom. The fraction of sp³-hybridized carbons (Fsp3) is 0.312. The summed E-state index contributed by atoms with van der Waals surface area (Å²) in [5.41, 5.74) is 1.27. The highest BCUT2D eigenvalue weighted by Gasteiger charge is 2.20. The number of hydrogen-bond donors (Lipinski definition) is 1. The Hall–Kier alpha value is -2.74. The number of H-pyrrole nitrogens is 1. The second-order valence-electron chi connectivity index (χ2n) is 5.89. The molecule has 1 saturated heterocycles. The first kappa shape index (κ1) is 14.8. The predicted molar refractivity (Wildman–Crippen MR) is 88.3 cm³/mol. The van der Waals surface area contributed by atoms with Crippen LogP contribution in [0.15, 0.2) is 41.7 Å². The molecule has 0 bridgehead atoms. The number of fused-ring (bicyclic) bond motifs is 1. The molecule has 0 atom stereocenters. The summed E-state index contributed by atoms with van der Waals surface area (Å²) in [5.74, 6) is -0.305. The molecule has 124 valence electrons. The van der Waals surface area contributed by atoms with Crippen molar-refractivity contribution in [1.82, 2.24) is 24.6 Å². The van der Waals surface area contributed by atoms with Crippen molar-refractivity contribution in [2.45, 2.75) is 6.67 Å². The molecule has 3 heterocycles. The van der Waals surface area contributed by atoms with E-state index >= 15 is 0 Å². The molecule has 0 unspecified atom stereocenters. The zero-order chi connectivity index (χ0) is 16.5. The van der Waals surface area contributed by atoms with Gasteiger partial charge in [0.1, 0.15) is 18.5 Å². The van der Waals surface area contributed by atoms with Crippen LogP contribution >= 0.6 is 0 Å². The van der Waals surface area contributed by atoms with Crippen LogP contribution in [0.5, 0.6) is 0 Å². The monoisotopic (exact) mass is 328 g/mol. The van der Waals surface area contributed by atoms with E-state index in [0.29, 0.717) is 12.2 Å². The number of aromatic nitrogens is 4. The van der Waals surface area contributed by atoms with E-state index in [1.54, 1.807) is 23.1 Å². The fourth-order valence-corrected chi connectivity index (χ4v) is 3.11. The van der Waals surface area contributed by atoms with Gasteiger partial charge in [-0.05, 0) is 18.2 Å². The zero-order valence-electron chi connectivity index (χ0n) is 13.0. The molecular weight excluding hydrogens is 311 g/mol. The van der Waals surface area contributed by atoms with Crippen molar-refractivity contribution in [3.8, 4) is 0 Å². The number of benzene rings is 1. The third kappa shape index (κ3) is 2.88. The molecule has 7 nitrogen and oxygen atoms in total. The highest BCUT2D eigenvalue weighted by Crippen LogP contribution is 2.25. The molecule has 0 amide bonds. The van der Waals surface area contributed by atoms with Crippen molar-refractivity contribution in [3.63, 3.8) is 0 Å². The normalized spacial score (nSPS) is 16.0. The van der Waals surface area contributed by atoms with Gasteiger partial charge < -0.3 is 9.88 Å². The summed E-state index contributed by atoms with van der Waals surface area (Å²) < 4.78 is 15.4. The second-order valence-corrected chi connectivity index (χ2v) is 5.89. The Labute approximate surface area is 137 Å². The molecular formula is C16H17FN6O. The topological polar surface area (TPSA) is 70.1 Å². The average molecular weight is 328 g/mol. The number of rotatable bonds is 3. The van der Waals surface area contributed by atoms with Crippen LogP contribution in [0, 0.1) is 5.82 Å². The molecule has 0 saturated carbocycles. The molecule has 1 aliphatic rings. The van der Waals surface area contributed by atoms with Crippen molar-refractivity contribution in [2.75, 3.05) is 31.1 Å². The van der Waals surface area contributed by atoms with Crippen LogP contribution in [0.2, 0.25) is 0 Å². The molecule has 3 aromatic rings. The van der Waals surface area contributed by atoms with Crippen LogP contribution in [0.3, 0.4) is 0 Å². The van der Waals surface area contributed by atoms with Gasteiger partial charge in [0.2, 0.25) is 5.56 Å². The molecule has 4 rings (SSSR count). The first-order valence-corrected chi connectivity index (χ1v) is 7.81. The van der Waals surface area contributed by atoms with Gasteiger partial charge in [0.25, 0.3) is 0 Å². The summed E-state index contributed by atoms with van der Waals surface area (Å²) in [4.78, 5) is 23.0. The van der Waals surface area contributed by atoms with Crippen LogP contribution in [0.25, 0.3) is 10.9 Å². The average Bonchev–Trinajstić information content (AvgIpc) is 3.08. The number of nitrogens with zero attached hydrogens (tertiary/aromatic N) is 5. The quantitative estimate of drug-likeness (QED) is 0.778. The molecule has 1 aliphatic heterocycles. The van der Waals surface area contributed by atoms with Gasteiger partial charge in [-0.25, -0.2) is 14.1 Å². The van der Waals surface area contributed by atoms with E-state index in [-0.39, 0.29) is 11.4 Å². The minimum atomic E-state index is -0.305. The lowest BCUT2D eigenvalue weighted by molar-refractivity contribution is 0.196. The highest BCUT2D eigenvalue weighted by molar-refractivity contribution is 5.91. The van der Waals surface area contributed by atoms with Gasteiger partial charge in [-0.2, -0.15) is 5.10 Å². The van der Waals surface area contributed by atoms with Gasteiger partial charge in [0.05, 0.1) is 17.9 Å². The molecule has 0 radical (unpaired) electrons. The molecule has 2 aromatic heterocycles. The number of piperazine rings is 1. The highest BCUT2D eigenvalue weighted by atomic mass is 19.1. The molecule has 24 heavy (non-hydrogen) atoms. The van der Waals surface area contributed by atoms with E-state index < -0.39 is 0 Å². The zero-order valence-corrected chi connectivity index (χ0v) is 13.0. The standard InChI is InChI=1S/C16H17FN6O/c17-12-1-2-14-13(7-12)15(8-16(24)20-14)22-5-3-21(4-6-22)11-23-10-18-9-19-23/h1-2,7-10H,3-6,11H2,(H,20,24). The van der Waals surface area contributed by atoms with Crippen LogP contribution in [0.1, 0.15) is 0 Å². The predicted octanol–water partition coefficient (Wildman–Crippen LogP) is 1.04. The van der Waals surface area contributed by atoms with Crippen LogP contribution in [-0.2, 0) is 6.67 Å². The van der Waals surface area contributed by atoms with Crippen LogP contribution in [0.4, 0.5) is 10.1 Å². The molecule has 0 spiro atoms. The molecule has 8 heteroatoms. The number of nitrogens with one attached hydrogen (secondary N) is 1. The van der Waals surface area contributed by atoms with E-state index in [0.717, 1.165) is 37.3 Å². The third-order valence-electron chi connectivity index (χ3n) is 4.31. The van der Waals surface area contributed by atoms with E-state index in [2.05, 4.69) is 24.9 Å². The number of aromatic amines is 1. The van der Waals surface area contributed by atoms with E-state index in [1.165, 1.54) is 18.5 Å². The number of pyridine rings is 1. The maximum atomic E-state index is 13.6. The maximum absolute atomic E-state index is 13.6. The minimum absolute atomic E-state index is 0.172. The maximum Gasteiger partial charge on any atom is 0.250 e. The molecule has 1 fully saturated rings. The van der Waals surface area contributed by atoms with Crippen molar-refractivity contribution in [2.24, 2.45) is 0 Å². The summed E-state index contributed by atoms with van der Waals surface area (Å²) in [6.07, 6.45) is 3.21.